The van der Waals surface area contributed by atoms with Crippen molar-refractivity contribution in [2.75, 3.05) is 7.11 Å². The molecule has 0 aliphatic rings. The van der Waals surface area contributed by atoms with E-state index in [1.54, 1.807) is 18.0 Å². The summed E-state index contributed by atoms with van der Waals surface area (Å²) in [6.45, 7) is 0.627. The van der Waals surface area contributed by atoms with Gasteiger partial charge in [-0.15, -0.1) is 11.3 Å². The molecule has 0 saturated carbocycles. The molecule has 2 aromatic carbocycles. The molecule has 26 heavy (non-hydrogen) atoms. The number of aromatic nitrogens is 2. The first kappa shape index (κ1) is 16.5. The maximum atomic E-state index is 12.8. The third-order valence-corrected chi connectivity index (χ3v) is 5.52. The van der Waals surface area contributed by atoms with E-state index in [4.69, 9.17) is 4.74 Å². The minimum atomic E-state index is 0.0238. The van der Waals surface area contributed by atoms with Crippen molar-refractivity contribution in [2.24, 2.45) is 0 Å². The summed E-state index contributed by atoms with van der Waals surface area (Å²) in [6, 6.07) is 20.0. The zero-order chi connectivity index (χ0) is 17.9. The van der Waals surface area contributed by atoms with Crippen LogP contribution in [0.4, 0.5) is 0 Å². The van der Waals surface area contributed by atoms with E-state index in [2.05, 4.69) is 17.1 Å². The van der Waals surface area contributed by atoms with Crippen LogP contribution in [0.15, 0.2) is 71.8 Å². The zero-order valence-electron chi connectivity index (χ0n) is 14.4. The third-order valence-electron chi connectivity index (χ3n) is 4.36. The number of thiophene rings is 1. The monoisotopic (exact) mass is 362 g/mol. The van der Waals surface area contributed by atoms with E-state index in [0.717, 1.165) is 28.1 Å². The average molecular weight is 362 g/mol. The number of rotatable bonds is 5. The Balaban J connectivity index is 1.63. The average Bonchev–Trinajstić information content (AvgIpc) is 3.14. The number of benzene rings is 2. The number of fused-ring (bicyclic) bond motifs is 1. The van der Waals surface area contributed by atoms with Crippen molar-refractivity contribution in [1.29, 1.82) is 0 Å². The molecule has 0 aliphatic heterocycles. The van der Waals surface area contributed by atoms with Crippen molar-refractivity contribution in [1.82, 2.24) is 9.55 Å². The second kappa shape index (κ2) is 7.14. The fourth-order valence-corrected chi connectivity index (χ4v) is 3.96. The Morgan fingerprint density at radius 1 is 1.08 bits per heavy atom. The largest absolute Gasteiger partial charge is 0.497 e. The SMILES string of the molecule is COc1ccc(-c2cc3ncn(CCc4ccccc4)c(=O)c3s2)cc1. The highest BCUT2D eigenvalue weighted by Crippen LogP contribution is 2.31. The van der Waals surface area contributed by atoms with E-state index in [9.17, 15) is 4.79 Å². The van der Waals surface area contributed by atoms with Gasteiger partial charge in [0.2, 0.25) is 0 Å². The van der Waals surface area contributed by atoms with Crippen molar-refractivity contribution < 1.29 is 4.74 Å². The molecule has 0 radical (unpaired) electrons. The van der Waals surface area contributed by atoms with E-state index in [1.807, 2.05) is 48.5 Å². The van der Waals surface area contributed by atoms with Crippen LogP contribution in [0.5, 0.6) is 5.75 Å². The quantitative estimate of drug-likeness (QED) is 0.529. The van der Waals surface area contributed by atoms with Gasteiger partial charge in [-0.2, -0.15) is 0 Å². The first-order valence-corrected chi connectivity index (χ1v) is 9.23. The Morgan fingerprint density at radius 2 is 1.85 bits per heavy atom. The van der Waals surface area contributed by atoms with Crippen molar-refractivity contribution in [3.05, 3.63) is 82.9 Å². The van der Waals surface area contributed by atoms with Crippen molar-refractivity contribution >= 4 is 21.6 Å². The number of methoxy groups -OCH3 is 1. The Bertz CT molecular complexity index is 1080. The van der Waals surface area contributed by atoms with Crippen LogP contribution in [0.25, 0.3) is 20.7 Å². The van der Waals surface area contributed by atoms with Crippen LogP contribution in [0.2, 0.25) is 0 Å². The summed E-state index contributed by atoms with van der Waals surface area (Å²) < 4.78 is 7.60. The van der Waals surface area contributed by atoms with Crippen molar-refractivity contribution in [2.45, 2.75) is 13.0 Å². The molecule has 130 valence electrons. The molecule has 0 N–H and O–H groups in total. The van der Waals surface area contributed by atoms with Crippen LogP contribution in [-0.4, -0.2) is 16.7 Å². The molecule has 4 aromatic rings. The molecule has 4 nitrogen and oxygen atoms in total. The number of hydrogen-bond acceptors (Lipinski definition) is 4. The van der Waals surface area contributed by atoms with Gasteiger partial charge in [0.15, 0.2) is 0 Å². The third kappa shape index (κ3) is 3.26. The molecule has 2 heterocycles. The normalized spacial score (nSPS) is 11.0. The van der Waals surface area contributed by atoms with E-state index in [-0.39, 0.29) is 5.56 Å². The molecule has 0 bridgehead atoms. The highest BCUT2D eigenvalue weighted by atomic mass is 32.1. The van der Waals surface area contributed by atoms with Gasteiger partial charge in [0.25, 0.3) is 5.56 Å². The Labute approximate surface area is 155 Å². The topological polar surface area (TPSA) is 44.1 Å². The van der Waals surface area contributed by atoms with Gasteiger partial charge in [-0.05, 0) is 47.9 Å². The van der Waals surface area contributed by atoms with Crippen LogP contribution in [-0.2, 0) is 13.0 Å². The summed E-state index contributed by atoms with van der Waals surface area (Å²) in [5.74, 6) is 0.816. The Kier molecular flexibility index (Phi) is 4.54. The van der Waals surface area contributed by atoms with Crippen molar-refractivity contribution in [3.63, 3.8) is 0 Å². The fourth-order valence-electron chi connectivity index (χ4n) is 2.90. The van der Waals surface area contributed by atoms with Crippen LogP contribution in [0, 0.1) is 0 Å². The van der Waals surface area contributed by atoms with Crippen LogP contribution in [0.3, 0.4) is 0 Å². The maximum absolute atomic E-state index is 12.8. The highest BCUT2D eigenvalue weighted by molar-refractivity contribution is 7.22. The molecule has 2 aromatic heterocycles. The minimum absolute atomic E-state index is 0.0238. The van der Waals surface area contributed by atoms with E-state index in [0.29, 0.717) is 11.2 Å². The summed E-state index contributed by atoms with van der Waals surface area (Å²) in [6.07, 6.45) is 2.46. The predicted molar refractivity (Wildman–Crippen MR) is 106 cm³/mol. The van der Waals surface area contributed by atoms with E-state index < -0.39 is 0 Å². The van der Waals surface area contributed by atoms with Crippen LogP contribution < -0.4 is 10.3 Å². The Hall–Kier alpha value is -2.92. The lowest BCUT2D eigenvalue weighted by Crippen LogP contribution is -2.20. The van der Waals surface area contributed by atoms with Crippen molar-refractivity contribution in [3.8, 4) is 16.2 Å². The number of ether oxygens (including phenoxy) is 1. The second-order valence-corrected chi connectivity index (χ2v) is 7.08. The second-order valence-electron chi connectivity index (χ2n) is 6.03. The summed E-state index contributed by atoms with van der Waals surface area (Å²) in [5, 5.41) is 0. The standard InChI is InChI=1S/C21H18N2O2S/c1-25-17-9-7-16(8-10-17)19-13-18-20(26-19)21(24)23(14-22-18)12-11-15-5-3-2-4-6-15/h2-10,13-14H,11-12H2,1H3. The molecule has 0 unspecified atom stereocenters. The number of nitrogens with zero attached hydrogens (tertiary/aromatic N) is 2. The molecule has 4 rings (SSSR count). The summed E-state index contributed by atoms with van der Waals surface area (Å²) in [4.78, 5) is 18.3. The smallest absolute Gasteiger partial charge is 0.271 e. The first-order valence-electron chi connectivity index (χ1n) is 8.42. The highest BCUT2D eigenvalue weighted by Gasteiger charge is 2.11. The first-order chi connectivity index (χ1) is 12.7. The van der Waals surface area contributed by atoms with Gasteiger partial charge in [-0.25, -0.2) is 4.98 Å². The van der Waals surface area contributed by atoms with Gasteiger partial charge in [0.1, 0.15) is 10.4 Å². The van der Waals surface area contributed by atoms with E-state index >= 15 is 0 Å². The zero-order valence-corrected chi connectivity index (χ0v) is 15.2. The number of aryl methyl sites for hydroxylation is 2. The molecule has 0 fully saturated rings. The van der Waals surface area contributed by atoms with Gasteiger partial charge in [0.05, 0.1) is 19.0 Å². The molecule has 0 atom stereocenters. The lowest BCUT2D eigenvalue weighted by molar-refractivity contribution is 0.415. The summed E-state index contributed by atoms with van der Waals surface area (Å²) >= 11 is 1.49. The molecule has 0 spiro atoms. The fraction of sp³-hybridized carbons (Fsp3) is 0.143. The molecular formula is C21H18N2O2S. The molecular weight excluding hydrogens is 344 g/mol. The van der Waals surface area contributed by atoms with E-state index in [1.165, 1.54) is 16.9 Å². The maximum Gasteiger partial charge on any atom is 0.271 e. The van der Waals surface area contributed by atoms with Crippen LogP contribution >= 0.6 is 11.3 Å². The summed E-state index contributed by atoms with van der Waals surface area (Å²) in [5.41, 5.74) is 3.05. The Morgan fingerprint density at radius 3 is 2.58 bits per heavy atom. The van der Waals surface area contributed by atoms with Gasteiger partial charge >= 0.3 is 0 Å². The molecule has 5 heteroatoms. The van der Waals surface area contributed by atoms with Gasteiger partial charge < -0.3 is 4.74 Å². The lowest BCUT2D eigenvalue weighted by Gasteiger charge is -2.05. The lowest BCUT2D eigenvalue weighted by atomic mass is 10.1. The minimum Gasteiger partial charge on any atom is -0.497 e. The van der Waals surface area contributed by atoms with Gasteiger partial charge in [-0.3, -0.25) is 9.36 Å². The number of hydrogen-bond donors (Lipinski definition) is 0. The van der Waals surface area contributed by atoms with Crippen LogP contribution in [0.1, 0.15) is 5.56 Å². The van der Waals surface area contributed by atoms with Gasteiger partial charge in [-0.1, -0.05) is 30.3 Å². The van der Waals surface area contributed by atoms with Gasteiger partial charge in [0, 0.05) is 11.4 Å². The molecule has 0 amide bonds. The molecule has 0 aliphatic carbocycles. The predicted octanol–water partition coefficient (Wildman–Crippen LogP) is 4.38. The summed E-state index contributed by atoms with van der Waals surface area (Å²) in [7, 11) is 1.65. The molecule has 0 saturated heterocycles.